The first-order chi connectivity index (χ1) is 12.6. The zero-order valence-corrected chi connectivity index (χ0v) is 15.9. The van der Waals surface area contributed by atoms with Crippen molar-refractivity contribution < 1.29 is 38.7 Å². The molecule has 1 spiro atoms. The molecule has 150 valence electrons. The number of hydrogen-bond acceptors (Lipinski definition) is 8. The maximum absolute atomic E-state index is 11.8. The molecule has 2 saturated heterocycles. The lowest BCUT2D eigenvalue weighted by Gasteiger charge is -2.58. The molecule has 27 heavy (non-hydrogen) atoms. The fourth-order valence-corrected chi connectivity index (χ4v) is 5.60. The molecule has 4 aliphatic rings. The Kier molecular flexibility index (Phi) is 4.03. The van der Waals surface area contributed by atoms with Crippen molar-refractivity contribution in [2.45, 2.75) is 70.2 Å². The maximum atomic E-state index is 11.8. The van der Waals surface area contributed by atoms with Crippen LogP contribution >= 0.6 is 0 Å². The molecule has 8 nitrogen and oxygen atoms in total. The van der Waals surface area contributed by atoms with Crippen LogP contribution in [0.2, 0.25) is 0 Å². The second-order valence-corrected chi connectivity index (χ2v) is 8.45. The van der Waals surface area contributed by atoms with Crippen LogP contribution in [0.1, 0.15) is 34.1 Å². The van der Waals surface area contributed by atoms with Crippen molar-refractivity contribution in [2.24, 2.45) is 10.8 Å². The van der Waals surface area contributed by atoms with Crippen LogP contribution in [0.15, 0.2) is 11.6 Å². The molecule has 8 atom stereocenters. The molecular weight excluding hydrogens is 356 g/mol. The normalized spacial score (nSPS) is 50.0. The van der Waals surface area contributed by atoms with E-state index in [9.17, 15) is 19.8 Å². The van der Waals surface area contributed by atoms with Crippen molar-refractivity contribution in [1.82, 2.24) is 0 Å². The second-order valence-electron chi connectivity index (χ2n) is 8.45. The second kappa shape index (κ2) is 5.76. The minimum atomic E-state index is -1.08. The molecule has 3 fully saturated rings. The summed E-state index contributed by atoms with van der Waals surface area (Å²) < 4.78 is 23.1. The van der Waals surface area contributed by atoms with E-state index >= 15 is 0 Å². The molecular formula is C19H26O8. The molecule has 2 bridgehead atoms. The lowest BCUT2D eigenvalue weighted by Crippen LogP contribution is -2.67. The number of hydrogen-bond donors (Lipinski definition) is 2. The van der Waals surface area contributed by atoms with Gasteiger partial charge in [0.2, 0.25) is 0 Å². The van der Waals surface area contributed by atoms with Gasteiger partial charge in [-0.25, -0.2) is 0 Å². The number of aliphatic hydroxyl groups excluding tert-OH is 2. The zero-order valence-electron chi connectivity index (χ0n) is 15.9. The topological polar surface area (TPSA) is 115 Å². The summed E-state index contributed by atoms with van der Waals surface area (Å²) in [6.07, 6.45) is -1.86. The van der Waals surface area contributed by atoms with Gasteiger partial charge in [0.15, 0.2) is 0 Å². The van der Waals surface area contributed by atoms with Gasteiger partial charge in [-0.2, -0.15) is 0 Å². The largest absolute Gasteiger partial charge is 0.465 e. The van der Waals surface area contributed by atoms with Gasteiger partial charge in [-0.1, -0.05) is 13.0 Å². The summed E-state index contributed by atoms with van der Waals surface area (Å²) in [6.45, 7) is 6.61. The van der Waals surface area contributed by atoms with Gasteiger partial charge >= 0.3 is 11.9 Å². The van der Waals surface area contributed by atoms with Gasteiger partial charge in [0, 0.05) is 19.3 Å². The van der Waals surface area contributed by atoms with E-state index in [2.05, 4.69) is 0 Å². The average molecular weight is 382 g/mol. The van der Waals surface area contributed by atoms with Gasteiger partial charge in [0.25, 0.3) is 0 Å². The summed E-state index contributed by atoms with van der Waals surface area (Å²) in [6, 6.07) is 0. The summed E-state index contributed by atoms with van der Waals surface area (Å²) in [5.41, 5.74) is -1.91. The summed E-state index contributed by atoms with van der Waals surface area (Å²) in [5, 5.41) is 21.6. The van der Waals surface area contributed by atoms with E-state index in [0.29, 0.717) is 6.61 Å². The van der Waals surface area contributed by atoms with Gasteiger partial charge in [-0.15, -0.1) is 0 Å². The number of rotatable bonds is 3. The summed E-state index contributed by atoms with van der Waals surface area (Å²) in [7, 11) is 0. The van der Waals surface area contributed by atoms with Crippen molar-refractivity contribution in [2.75, 3.05) is 13.2 Å². The minimum Gasteiger partial charge on any atom is -0.465 e. The number of epoxide rings is 1. The minimum absolute atomic E-state index is 0.0351. The summed E-state index contributed by atoms with van der Waals surface area (Å²) in [5.74, 6) is -0.978. The summed E-state index contributed by atoms with van der Waals surface area (Å²) in [4.78, 5) is 23.4. The Morgan fingerprint density at radius 3 is 2.52 bits per heavy atom. The molecule has 8 heteroatoms. The van der Waals surface area contributed by atoms with E-state index in [-0.39, 0.29) is 13.0 Å². The Balaban J connectivity index is 1.88. The van der Waals surface area contributed by atoms with Crippen molar-refractivity contribution in [3.05, 3.63) is 11.6 Å². The predicted octanol–water partition coefficient (Wildman–Crippen LogP) is 0.0957. The quantitative estimate of drug-likeness (QED) is 0.401. The van der Waals surface area contributed by atoms with Crippen LogP contribution in [0.3, 0.4) is 0 Å². The molecule has 2 heterocycles. The van der Waals surface area contributed by atoms with Crippen LogP contribution in [-0.2, 0) is 28.5 Å². The number of carbonyl (C=O) groups is 2. The van der Waals surface area contributed by atoms with Crippen LogP contribution in [0.25, 0.3) is 0 Å². The smallest absolute Gasteiger partial charge is 0.303 e. The first kappa shape index (κ1) is 18.9. The Morgan fingerprint density at radius 2 is 1.96 bits per heavy atom. The summed E-state index contributed by atoms with van der Waals surface area (Å²) >= 11 is 0. The average Bonchev–Trinajstić information content (AvgIpc) is 3.36. The van der Waals surface area contributed by atoms with E-state index < -0.39 is 58.9 Å². The SMILES string of the molecule is CC(=O)OC[C@]12C[C@H](O)C(C)=CC1O[C@@H]1[C@H](O)[C@@H](OC(C)=O)[C@@]2(C)[C@@]12CO2. The number of fused-ring (bicyclic) bond motifs is 2. The number of esters is 2. The standard InChI is InChI=1S/C19H26O8/c1-9-5-13-18(6-12(9)22,7-24-10(2)20)17(4)15(26-11(3)21)14(23)16(27-13)19(17)8-25-19/h5,12-16,22-23H,6-8H2,1-4H3/t12-,13?,14+,15+,16+,17+,18+,19+/m0/s1. The molecule has 0 amide bonds. The van der Waals surface area contributed by atoms with Gasteiger partial charge in [0.1, 0.15) is 30.5 Å². The molecule has 2 N–H and O–H groups in total. The maximum Gasteiger partial charge on any atom is 0.303 e. The Labute approximate surface area is 157 Å². The van der Waals surface area contributed by atoms with E-state index in [0.717, 1.165) is 5.57 Å². The number of ether oxygens (including phenoxy) is 4. The predicted molar refractivity (Wildman–Crippen MR) is 90.5 cm³/mol. The third-order valence-electron chi connectivity index (χ3n) is 7.18. The Hall–Kier alpha value is -1.48. The molecule has 1 unspecified atom stereocenters. The number of carbonyl (C=O) groups excluding carboxylic acids is 2. The Morgan fingerprint density at radius 1 is 1.30 bits per heavy atom. The first-order valence-corrected chi connectivity index (χ1v) is 9.23. The Bertz CT molecular complexity index is 712. The first-order valence-electron chi connectivity index (χ1n) is 9.23. The van der Waals surface area contributed by atoms with Gasteiger partial charge in [-0.3, -0.25) is 9.59 Å². The molecule has 0 aromatic carbocycles. The van der Waals surface area contributed by atoms with Crippen molar-refractivity contribution in [3.8, 4) is 0 Å². The molecule has 2 aliphatic heterocycles. The van der Waals surface area contributed by atoms with E-state index in [4.69, 9.17) is 18.9 Å². The van der Waals surface area contributed by atoms with E-state index in [1.54, 1.807) is 0 Å². The van der Waals surface area contributed by atoms with Crippen LogP contribution < -0.4 is 0 Å². The highest BCUT2D eigenvalue weighted by molar-refractivity contribution is 5.67. The highest BCUT2D eigenvalue weighted by atomic mass is 16.7. The molecule has 0 aromatic rings. The van der Waals surface area contributed by atoms with Crippen LogP contribution in [0, 0.1) is 10.8 Å². The van der Waals surface area contributed by atoms with Gasteiger partial charge < -0.3 is 29.2 Å². The highest BCUT2D eigenvalue weighted by Gasteiger charge is 2.86. The van der Waals surface area contributed by atoms with Gasteiger partial charge in [-0.05, 0) is 18.9 Å². The van der Waals surface area contributed by atoms with E-state index in [1.807, 2.05) is 19.9 Å². The third-order valence-corrected chi connectivity index (χ3v) is 7.18. The number of aliphatic hydroxyl groups is 2. The fraction of sp³-hybridized carbons (Fsp3) is 0.789. The molecule has 2 aliphatic carbocycles. The van der Waals surface area contributed by atoms with Crippen molar-refractivity contribution >= 4 is 11.9 Å². The monoisotopic (exact) mass is 382 g/mol. The molecule has 1 saturated carbocycles. The molecule has 0 aromatic heterocycles. The molecule has 0 radical (unpaired) electrons. The lowest BCUT2D eigenvalue weighted by atomic mass is 9.51. The fourth-order valence-electron chi connectivity index (χ4n) is 5.60. The van der Waals surface area contributed by atoms with E-state index in [1.165, 1.54) is 13.8 Å². The third kappa shape index (κ3) is 2.24. The lowest BCUT2D eigenvalue weighted by molar-refractivity contribution is -0.239. The highest BCUT2D eigenvalue weighted by Crippen LogP contribution is 2.72. The van der Waals surface area contributed by atoms with Crippen LogP contribution in [0.4, 0.5) is 0 Å². The van der Waals surface area contributed by atoms with Crippen molar-refractivity contribution in [3.63, 3.8) is 0 Å². The van der Waals surface area contributed by atoms with Crippen LogP contribution in [-0.4, -0.2) is 71.5 Å². The van der Waals surface area contributed by atoms with Crippen molar-refractivity contribution in [1.29, 1.82) is 0 Å². The molecule has 4 rings (SSSR count). The van der Waals surface area contributed by atoms with Crippen LogP contribution in [0.5, 0.6) is 0 Å². The zero-order chi connectivity index (χ0) is 19.8. The van der Waals surface area contributed by atoms with Gasteiger partial charge in [0.05, 0.1) is 24.2 Å².